The fraction of sp³-hybridized carbons (Fsp3) is 0.889. The Balaban J connectivity index is 1.81. The van der Waals surface area contributed by atoms with E-state index in [2.05, 4.69) is 17.1 Å². The molecule has 5 nitrogen and oxygen atoms in total. The molecule has 0 aliphatic carbocycles. The van der Waals surface area contributed by atoms with Gasteiger partial charge in [-0.3, -0.25) is 9.59 Å². The molecule has 5 heteroatoms. The van der Waals surface area contributed by atoms with E-state index < -0.39 is 0 Å². The van der Waals surface area contributed by atoms with Gasteiger partial charge in [-0.1, -0.05) is 13.8 Å². The van der Waals surface area contributed by atoms with Crippen molar-refractivity contribution in [2.75, 3.05) is 32.7 Å². The normalized spacial score (nSPS) is 23.7. The molecule has 0 aromatic carbocycles. The molecular formula is C18H33N3O2. The molecule has 2 heterocycles. The van der Waals surface area contributed by atoms with Gasteiger partial charge in [0.25, 0.3) is 0 Å². The van der Waals surface area contributed by atoms with Crippen molar-refractivity contribution in [2.24, 2.45) is 5.92 Å². The van der Waals surface area contributed by atoms with Gasteiger partial charge < -0.3 is 15.1 Å². The van der Waals surface area contributed by atoms with Crippen LogP contribution >= 0.6 is 0 Å². The summed E-state index contributed by atoms with van der Waals surface area (Å²) >= 11 is 0. The Bertz CT molecular complexity index is 394. The monoisotopic (exact) mass is 323 g/mol. The van der Waals surface area contributed by atoms with Crippen molar-refractivity contribution in [2.45, 2.75) is 64.8 Å². The minimum atomic E-state index is -0.0304. The Kier molecular flexibility index (Phi) is 7.34. The van der Waals surface area contributed by atoms with Gasteiger partial charge >= 0.3 is 0 Å². The van der Waals surface area contributed by atoms with Crippen LogP contribution in [0.25, 0.3) is 0 Å². The number of piperidine rings is 1. The molecule has 2 amide bonds. The Morgan fingerprint density at radius 3 is 2.52 bits per heavy atom. The number of rotatable bonds is 7. The van der Waals surface area contributed by atoms with Crippen molar-refractivity contribution in [1.82, 2.24) is 15.1 Å². The molecule has 0 radical (unpaired) electrons. The average molecular weight is 323 g/mol. The van der Waals surface area contributed by atoms with Crippen molar-refractivity contribution in [1.29, 1.82) is 0 Å². The lowest BCUT2D eigenvalue weighted by Gasteiger charge is -2.33. The Morgan fingerprint density at radius 2 is 1.87 bits per heavy atom. The number of nitrogens with one attached hydrogen (secondary N) is 1. The lowest BCUT2D eigenvalue weighted by Crippen LogP contribution is -2.49. The van der Waals surface area contributed by atoms with Crippen molar-refractivity contribution < 1.29 is 9.59 Å². The highest BCUT2D eigenvalue weighted by atomic mass is 16.2. The number of carbonyl (C=O) groups excluding carboxylic acids is 2. The van der Waals surface area contributed by atoms with Crippen LogP contribution in [-0.4, -0.2) is 60.4 Å². The number of likely N-dealkylation sites (tertiary alicyclic amines) is 2. The molecule has 2 aliphatic heterocycles. The standard InChI is InChI=1S/C18H33N3O2/c1-3-8-17(22)21-12-7-9-15(13-21)18(23)19-16(4-2)14-20-10-5-6-11-20/h15-16H,3-14H2,1-2H3,(H,19,23)/t15-,16+/m1/s1. The molecule has 2 aliphatic rings. The van der Waals surface area contributed by atoms with Gasteiger partial charge in [-0.15, -0.1) is 0 Å². The maximum absolute atomic E-state index is 12.6. The van der Waals surface area contributed by atoms with E-state index in [1.807, 2.05) is 11.8 Å². The Labute approximate surface area is 140 Å². The molecule has 0 unspecified atom stereocenters. The lowest BCUT2D eigenvalue weighted by molar-refractivity contribution is -0.136. The fourth-order valence-corrected chi connectivity index (χ4v) is 3.66. The molecule has 0 aromatic heterocycles. The van der Waals surface area contributed by atoms with Crippen LogP contribution in [0, 0.1) is 5.92 Å². The first-order valence-corrected chi connectivity index (χ1v) is 9.44. The zero-order valence-electron chi connectivity index (χ0n) is 14.9. The molecule has 2 saturated heterocycles. The summed E-state index contributed by atoms with van der Waals surface area (Å²) in [5.74, 6) is 0.316. The van der Waals surface area contributed by atoms with Gasteiger partial charge in [0.2, 0.25) is 11.8 Å². The second-order valence-electron chi connectivity index (χ2n) is 7.05. The summed E-state index contributed by atoms with van der Waals surface area (Å²) in [5, 5.41) is 3.24. The second kappa shape index (κ2) is 9.26. The third-order valence-corrected chi connectivity index (χ3v) is 5.13. The average Bonchev–Trinajstić information content (AvgIpc) is 3.07. The van der Waals surface area contributed by atoms with Crippen molar-refractivity contribution in [3.8, 4) is 0 Å². The summed E-state index contributed by atoms with van der Waals surface area (Å²) in [7, 11) is 0. The van der Waals surface area contributed by atoms with Gasteiger partial charge in [0.1, 0.15) is 0 Å². The molecule has 132 valence electrons. The third kappa shape index (κ3) is 5.48. The van der Waals surface area contributed by atoms with Gasteiger partial charge in [-0.25, -0.2) is 0 Å². The van der Waals surface area contributed by atoms with E-state index in [1.165, 1.54) is 12.8 Å². The third-order valence-electron chi connectivity index (χ3n) is 5.13. The van der Waals surface area contributed by atoms with Crippen molar-refractivity contribution in [3.63, 3.8) is 0 Å². The Hall–Kier alpha value is -1.10. The summed E-state index contributed by atoms with van der Waals surface area (Å²) in [6.45, 7) is 8.87. The van der Waals surface area contributed by atoms with Crippen LogP contribution in [-0.2, 0) is 9.59 Å². The van der Waals surface area contributed by atoms with E-state index in [4.69, 9.17) is 0 Å². The number of nitrogens with zero attached hydrogens (tertiary/aromatic N) is 2. The first-order valence-electron chi connectivity index (χ1n) is 9.44. The van der Waals surface area contributed by atoms with Gasteiger partial charge in [0, 0.05) is 32.1 Å². The first-order chi connectivity index (χ1) is 11.1. The maximum Gasteiger partial charge on any atom is 0.225 e. The topological polar surface area (TPSA) is 52.7 Å². The SMILES string of the molecule is CCCC(=O)N1CCC[C@@H](C(=O)N[C@@H](CC)CN2CCCC2)C1. The lowest BCUT2D eigenvalue weighted by atomic mass is 9.96. The van der Waals surface area contributed by atoms with E-state index in [-0.39, 0.29) is 23.8 Å². The molecule has 23 heavy (non-hydrogen) atoms. The van der Waals surface area contributed by atoms with E-state index in [0.29, 0.717) is 13.0 Å². The molecule has 2 atom stereocenters. The first kappa shape index (κ1) is 18.2. The molecule has 1 N–H and O–H groups in total. The van der Waals surface area contributed by atoms with E-state index in [1.54, 1.807) is 0 Å². The zero-order valence-corrected chi connectivity index (χ0v) is 14.9. The highest BCUT2D eigenvalue weighted by Crippen LogP contribution is 2.18. The summed E-state index contributed by atoms with van der Waals surface area (Å²) in [6, 6.07) is 0.238. The molecular weight excluding hydrogens is 290 g/mol. The molecule has 0 saturated carbocycles. The Morgan fingerprint density at radius 1 is 1.13 bits per heavy atom. The number of amides is 2. The molecule has 0 aromatic rings. The highest BCUT2D eigenvalue weighted by molar-refractivity contribution is 5.81. The smallest absolute Gasteiger partial charge is 0.225 e. The summed E-state index contributed by atoms with van der Waals surface area (Å²) in [6.07, 6.45) is 6.84. The summed E-state index contributed by atoms with van der Waals surface area (Å²) in [4.78, 5) is 29.0. The predicted molar refractivity (Wildman–Crippen MR) is 92.1 cm³/mol. The van der Waals surface area contributed by atoms with Crippen molar-refractivity contribution in [3.05, 3.63) is 0 Å². The zero-order chi connectivity index (χ0) is 16.7. The quantitative estimate of drug-likeness (QED) is 0.780. The van der Waals surface area contributed by atoms with Crippen molar-refractivity contribution >= 4 is 11.8 Å². The molecule has 0 bridgehead atoms. The fourth-order valence-electron chi connectivity index (χ4n) is 3.66. The number of hydrogen-bond donors (Lipinski definition) is 1. The van der Waals surface area contributed by atoms with Gasteiger partial charge in [-0.2, -0.15) is 0 Å². The number of hydrogen-bond acceptors (Lipinski definition) is 3. The van der Waals surface area contributed by atoms with Gasteiger partial charge in [0.15, 0.2) is 0 Å². The molecule has 0 spiro atoms. The summed E-state index contributed by atoms with van der Waals surface area (Å²) in [5.41, 5.74) is 0. The van der Waals surface area contributed by atoms with Crippen LogP contribution in [0.2, 0.25) is 0 Å². The minimum Gasteiger partial charge on any atom is -0.352 e. The molecule has 2 rings (SSSR count). The maximum atomic E-state index is 12.6. The predicted octanol–water partition coefficient (Wildman–Crippen LogP) is 2.02. The number of carbonyl (C=O) groups is 2. The van der Waals surface area contributed by atoms with Gasteiger partial charge in [-0.05, 0) is 51.6 Å². The summed E-state index contributed by atoms with van der Waals surface area (Å²) < 4.78 is 0. The second-order valence-corrected chi connectivity index (χ2v) is 7.05. The van der Waals surface area contributed by atoms with Crippen LogP contribution in [0.15, 0.2) is 0 Å². The van der Waals surface area contributed by atoms with Crippen LogP contribution < -0.4 is 5.32 Å². The van der Waals surface area contributed by atoms with E-state index >= 15 is 0 Å². The van der Waals surface area contributed by atoms with Crippen LogP contribution in [0.4, 0.5) is 0 Å². The van der Waals surface area contributed by atoms with Gasteiger partial charge in [0.05, 0.1) is 5.92 Å². The highest BCUT2D eigenvalue weighted by Gasteiger charge is 2.29. The van der Waals surface area contributed by atoms with E-state index in [9.17, 15) is 9.59 Å². The molecule has 2 fully saturated rings. The largest absolute Gasteiger partial charge is 0.352 e. The van der Waals surface area contributed by atoms with E-state index in [0.717, 1.165) is 51.9 Å². The van der Waals surface area contributed by atoms with Crippen LogP contribution in [0.5, 0.6) is 0 Å². The van der Waals surface area contributed by atoms with Crippen LogP contribution in [0.3, 0.4) is 0 Å². The van der Waals surface area contributed by atoms with Crippen LogP contribution in [0.1, 0.15) is 58.8 Å². The minimum absolute atomic E-state index is 0.0304.